The molecule has 2 aromatic carbocycles. The number of methoxy groups -OCH3 is 2. The molecule has 0 fully saturated rings. The summed E-state index contributed by atoms with van der Waals surface area (Å²) >= 11 is 0. The van der Waals surface area contributed by atoms with Crippen molar-refractivity contribution in [1.29, 1.82) is 0 Å². The number of nitrogens with zero attached hydrogens (tertiary/aromatic N) is 1. The van der Waals surface area contributed by atoms with Crippen LogP contribution in [0.3, 0.4) is 0 Å². The van der Waals surface area contributed by atoms with Crippen molar-refractivity contribution in [2.24, 2.45) is 0 Å². The lowest BCUT2D eigenvalue weighted by atomic mass is 10.1. The van der Waals surface area contributed by atoms with Gasteiger partial charge in [0.15, 0.2) is 11.5 Å². The molecule has 1 heterocycles. The normalized spacial score (nSPS) is 10.3. The third-order valence-corrected chi connectivity index (χ3v) is 4.43. The maximum Gasteiger partial charge on any atom is 0.225 e. The molecule has 6 heteroatoms. The van der Waals surface area contributed by atoms with Gasteiger partial charge in [0, 0.05) is 12.1 Å². The molecule has 150 valence electrons. The zero-order valence-electron chi connectivity index (χ0n) is 16.9. The minimum Gasteiger partial charge on any atom is -0.493 e. The van der Waals surface area contributed by atoms with Crippen molar-refractivity contribution in [3.05, 3.63) is 71.9 Å². The highest BCUT2D eigenvalue weighted by Crippen LogP contribution is 2.28. The van der Waals surface area contributed by atoms with E-state index in [1.807, 2.05) is 49.4 Å². The highest BCUT2D eigenvalue weighted by Gasteiger charge is 2.08. The number of pyridine rings is 1. The zero-order chi connectivity index (χ0) is 20.6. The number of benzene rings is 2. The second-order valence-corrected chi connectivity index (χ2v) is 6.66. The van der Waals surface area contributed by atoms with Gasteiger partial charge in [-0.25, -0.2) is 4.98 Å². The summed E-state index contributed by atoms with van der Waals surface area (Å²) in [7, 11) is 3.19. The molecular formula is C23H25N3O3. The van der Waals surface area contributed by atoms with E-state index in [1.54, 1.807) is 26.5 Å². The average molecular weight is 391 g/mol. The number of aromatic nitrogens is 1. The Balaban J connectivity index is 1.53. The molecular weight excluding hydrogens is 366 g/mol. The van der Waals surface area contributed by atoms with E-state index in [9.17, 15) is 4.79 Å². The second-order valence-electron chi connectivity index (χ2n) is 6.66. The van der Waals surface area contributed by atoms with E-state index in [-0.39, 0.29) is 5.91 Å². The first-order valence-corrected chi connectivity index (χ1v) is 9.38. The fourth-order valence-electron chi connectivity index (χ4n) is 2.93. The lowest BCUT2D eigenvalue weighted by Gasteiger charge is -2.10. The van der Waals surface area contributed by atoms with Crippen LogP contribution < -0.4 is 20.1 Å². The molecule has 3 rings (SSSR count). The molecule has 2 N–H and O–H groups in total. The predicted molar refractivity (Wildman–Crippen MR) is 115 cm³/mol. The van der Waals surface area contributed by atoms with Crippen molar-refractivity contribution in [2.75, 3.05) is 24.9 Å². The maximum absolute atomic E-state index is 12.3. The van der Waals surface area contributed by atoms with Crippen LogP contribution >= 0.6 is 0 Å². The summed E-state index contributed by atoms with van der Waals surface area (Å²) in [5.41, 5.74) is 4.04. The summed E-state index contributed by atoms with van der Waals surface area (Å²) in [5.74, 6) is 1.76. The van der Waals surface area contributed by atoms with Gasteiger partial charge in [-0.15, -0.1) is 0 Å². The molecule has 1 amide bonds. The van der Waals surface area contributed by atoms with Gasteiger partial charge in [-0.1, -0.05) is 18.2 Å². The van der Waals surface area contributed by atoms with E-state index in [0.717, 1.165) is 16.9 Å². The lowest BCUT2D eigenvalue weighted by molar-refractivity contribution is -0.116. The molecule has 29 heavy (non-hydrogen) atoms. The van der Waals surface area contributed by atoms with Gasteiger partial charge in [-0.05, 0) is 60.9 Å². The number of amides is 1. The van der Waals surface area contributed by atoms with Crippen molar-refractivity contribution in [3.63, 3.8) is 0 Å². The van der Waals surface area contributed by atoms with Crippen molar-refractivity contribution in [3.8, 4) is 11.5 Å². The van der Waals surface area contributed by atoms with Gasteiger partial charge < -0.3 is 20.1 Å². The van der Waals surface area contributed by atoms with E-state index >= 15 is 0 Å². The van der Waals surface area contributed by atoms with Gasteiger partial charge in [-0.3, -0.25) is 4.79 Å². The summed E-state index contributed by atoms with van der Waals surface area (Å²) in [6, 6.07) is 17.4. The molecule has 0 saturated carbocycles. The maximum atomic E-state index is 12.3. The number of rotatable bonds is 8. The summed E-state index contributed by atoms with van der Waals surface area (Å²) < 4.78 is 10.5. The van der Waals surface area contributed by atoms with E-state index in [4.69, 9.17) is 9.47 Å². The molecule has 6 nitrogen and oxygen atoms in total. The fraction of sp³-hybridized carbons (Fsp3) is 0.217. The van der Waals surface area contributed by atoms with Crippen LogP contribution in [0.5, 0.6) is 11.5 Å². The van der Waals surface area contributed by atoms with Crippen molar-refractivity contribution >= 4 is 23.1 Å². The first-order valence-electron chi connectivity index (χ1n) is 9.38. The monoisotopic (exact) mass is 391 g/mol. The zero-order valence-corrected chi connectivity index (χ0v) is 16.9. The van der Waals surface area contributed by atoms with E-state index in [2.05, 4.69) is 21.7 Å². The van der Waals surface area contributed by atoms with Crippen LogP contribution in [0.15, 0.2) is 60.8 Å². The fourth-order valence-corrected chi connectivity index (χ4v) is 2.93. The Bertz CT molecular complexity index is 971. The Morgan fingerprint density at radius 1 is 0.966 bits per heavy atom. The SMILES string of the molecule is COc1ccc(CCC(=O)Nc2ccc(Nc3cccc(C)c3)cn2)cc1OC. The van der Waals surface area contributed by atoms with Gasteiger partial charge in [0.05, 0.1) is 26.1 Å². The first kappa shape index (κ1) is 20.2. The number of carbonyl (C=O) groups excluding carboxylic acids is 1. The van der Waals surface area contributed by atoms with E-state index in [0.29, 0.717) is 30.2 Å². The Morgan fingerprint density at radius 3 is 2.48 bits per heavy atom. The molecule has 0 aliphatic carbocycles. The molecule has 3 aromatic rings. The van der Waals surface area contributed by atoms with Gasteiger partial charge >= 0.3 is 0 Å². The number of ether oxygens (including phenoxy) is 2. The van der Waals surface area contributed by atoms with Gasteiger partial charge in [0.2, 0.25) is 5.91 Å². The smallest absolute Gasteiger partial charge is 0.225 e. The summed E-state index contributed by atoms with van der Waals surface area (Å²) in [6.07, 6.45) is 2.64. The molecule has 0 aliphatic heterocycles. The van der Waals surface area contributed by atoms with Crippen molar-refractivity contribution in [1.82, 2.24) is 4.98 Å². The number of aryl methyl sites for hydroxylation is 2. The minimum absolute atomic E-state index is 0.0910. The standard InChI is InChI=1S/C23H25N3O3/c1-16-5-4-6-18(13-16)25-19-9-11-22(24-15-19)26-23(27)12-8-17-7-10-20(28-2)21(14-17)29-3/h4-7,9-11,13-15,25H,8,12H2,1-3H3,(H,24,26,27). The van der Waals surface area contributed by atoms with Crippen LogP contribution in [0.1, 0.15) is 17.5 Å². The highest BCUT2D eigenvalue weighted by atomic mass is 16.5. The third-order valence-electron chi connectivity index (χ3n) is 4.43. The summed E-state index contributed by atoms with van der Waals surface area (Å²) in [5, 5.41) is 6.12. The Labute approximate surface area is 170 Å². The molecule has 1 aromatic heterocycles. The summed E-state index contributed by atoms with van der Waals surface area (Å²) in [4.78, 5) is 16.6. The molecule has 0 saturated heterocycles. The van der Waals surface area contributed by atoms with Gasteiger partial charge in [0.1, 0.15) is 5.82 Å². The Hall–Kier alpha value is -3.54. The molecule has 0 atom stereocenters. The second kappa shape index (κ2) is 9.59. The van der Waals surface area contributed by atoms with Crippen LogP contribution in [0.2, 0.25) is 0 Å². The Kier molecular flexibility index (Phi) is 6.68. The topological polar surface area (TPSA) is 72.5 Å². The minimum atomic E-state index is -0.0910. The largest absolute Gasteiger partial charge is 0.493 e. The molecule has 0 spiro atoms. The van der Waals surface area contributed by atoms with Crippen molar-refractivity contribution < 1.29 is 14.3 Å². The van der Waals surface area contributed by atoms with E-state index < -0.39 is 0 Å². The molecule has 0 radical (unpaired) electrons. The predicted octanol–water partition coefficient (Wildman–Crippen LogP) is 4.72. The first-order chi connectivity index (χ1) is 14.1. The molecule has 0 bridgehead atoms. The summed E-state index contributed by atoms with van der Waals surface area (Å²) in [6.45, 7) is 2.05. The number of hydrogen-bond acceptors (Lipinski definition) is 5. The third kappa shape index (κ3) is 5.72. The quantitative estimate of drug-likeness (QED) is 0.581. The van der Waals surface area contributed by atoms with Crippen LogP contribution in [0.25, 0.3) is 0 Å². The average Bonchev–Trinajstić information content (AvgIpc) is 2.73. The van der Waals surface area contributed by atoms with E-state index in [1.165, 1.54) is 5.56 Å². The molecule has 0 aliphatic rings. The number of hydrogen-bond donors (Lipinski definition) is 2. The van der Waals surface area contributed by atoms with Gasteiger partial charge in [-0.2, -0.15) is 0 Å². The Morgan fingerprint density at radius 2 is 1.79 bits per heavy atom. The lowest BCUT2D eigenvalue weighted by Crippen LogP contribution is -2.13. The molecule has 0 unspecified atom stereocenters. The number of carbonyl (C=O) groups is 1. The van der Waals surface area contributed by atoms with Gasteiger partial charge in [0.25, 0.3) is 0 Å². The van der Waals surface area contributed by atoms with Crippen LogP contribution in [-0.4, -0.2) is 25.1 Å². The van der Waals surface area contributed by atoms with Crippen molar-refractivity contribution in [2.45, 2.75) is 19.8 Å². The van der Waals surface area contributed by atoms with Crippen LogP contribution in [0.4, 0.5) is 17.2 Å². The number of anilines is 3. The van der Waals surface area contributed by atoms with Crippen LogP contribution in [0, 0.1) is 6.92 Å². The number of nitrogens with one attached hydrogen (secondary N) is 2. The van der Waals surface area contributed by atoms with Crippen LogP contribution in [-0.2, 0) is 11.2 Å². The highest BCUT2D eigenvalue weighted by molar-refractivity contribution is 5.90.